The van der Waals surface area contributed by atoms with Gasteiger partial charge in [-0.05, 0) is 35.3 Å². The molecule has 5 nitrogen and oxygen atoms in total. The Bertz CT molecular complexity index is 829. The van der Waals surface area contributed by atoms with Crippen molar-refractivity contribution in [3.05, 3.63) is 71.8 Å². The number of anilines is 1. The number of carbonyl (C=O) groups is 1. The molecule has 0 saturated carbocycles. The monoisotopic (exact) mass is 358 g/mol. The standard InChI is InChI=1S/C19H22N2O3S/c1-15(17-6-4-3-5-7-17)14-20-19(22)13-10-16-8-11-18(12-9-16)21-25(2,23)24/h3-13,15,21H,14H2,1-2H3,(H,20,22). The molecule has 132 valence electrons. The SMILES string of the molecule is CC(CNC(=O)C=Cc1ccc(NS(C)(=O)=O)cc1)c1ccccc1. The third kappa shape index (κ3) is 6.81. The van der Waals surface area contributed by atoms with Crippen molar-refractivity contribution in [2.24, 2.45) is 0 Å². The van der Waals surface area contributed by atoms with Crippen LogP contribution >= 0.6 is 0 Å². The first-order chi connectivity index (χ1) is 11.8. The molecule has 0 bridgehead atoms. The first-order valence-corrected chi connectivity index (χ1v) is 9.81. The summed E-state index contributed by atoms with van der Waals surface area (Å²) in [5, 5.41) is 2.88. The van der Waals surface area contributed by atoms with Crippen LogP contribution < -0.4 is 10.0 Å². The summed E-state index contributed by atoms with van der Waals surface area (Å²) in [5.41, 5.74) is 2.48. The Morgan fingerprint density at radius 2 is 1.72 bits per heavy atom. The van der Waals surface area contributed by atoms with Crippen LogP contribution in [0.4, 0.5) is 5.69 Å². The lowest BCUT2D eigenvalue weighted by Gasteiger charge is -2.11. The Morgan fingerprint density at radius 1 is 1.08 bits per heavy atom. The molecular weight excluding hydrogens is 336 g/mol. The number of hydrogen-bond donors (Lipinski definition) is 2. The van der Waals surface area contributed by atoms with E-state index in [0.717, 1.165) is 11.8 Å². The van der Waals surface area contributed by atoms with Crippen molar-refractivity contribution in [2.75, 3.05) is 17.5 Å². The molecule has 1 atom stereocenters. The number of amides is 1. The van der Waals surface area contributed by atoms with Gasteiger partial charge in [-0.1, -0.05) is 49.4 Å². The summed E-state index contributed by atoms with van der Waals surface area (Å²) < 4.78 is 24.7. The van der Waals surface area contributed by atoms with Crippen LogP contribution in [0.3, 0.4) is 0 Å². The summed E-state index contributed by atoms with van der Waals surface area (Å²) in [5.74, 6) is 0.0704. The smallest absolute Gasteiger partial charge is 0.244 e. The Hall–Kier alpha value is -2.60. The lowest BCUT2D eigenvalue weighted by atomic mass is 10.0. The zero-order valence-electron chi connectivity index (χ0n) is 14.3. The Balaban J connectivity index is 1.85. The lowest BCUT2D eigenvalue weighted by Crippen LogP contribution is -2.25. The van der Waals surface area contributed by atoms with E-state index in [9.17, 15) is 13.2 Å². The van der Waals surface area contributed by atoms with Crippen LogP contribution in [0.15, 0.2) is 60.7 Å². The van der Waals surface area contributed by atoms with Gasteiger partial charge >= 0.3 is 0 Å². The maximum atomic E-state index is 11.9. The highest BCUT2D eigenvalue weighted by atomic mass is 32.2. The van der Waals surface area contributed by atoms with Crippen LogP contribution in [0.25, 0.3) is 6.08 Å². The van der Waals surface area contributed by atoms with Crippen molar-refractivity contribution in [3.8, 4) is 0 Å². The van der Waals surface area contributed by atoms with Crippen LogP contribution in [-0.4, -0.2) is 27.1 Å². The van der Waals surface area contributed by atoms with Gasteiger partial charge in [-0.15, -0.1) is 0 Å². The van der Waals surface area contributed by atoms with Gasteiger partial charge in [0.25, 0.3) is 0 Å². The minimum absolute atomic E-state index is 0.166. The second kappa shape index (κ2) is 8.48. The molecule has 0 heterocycles. The predicted octanol–water partition coefficient (Wildman–Crippen LogP) is 2.99. The number of rotatable bonds is 7. The maximum Gasteiger partial charge on any atom is 0.244 e. The quantitative estimate of drug-likeness (QED) is 0.747. The van der Waals surface area contributed by atoms with Gasteiger partial charge in [0.05, 0.1) is 6.26 Å². The number of hydrogen-bond acceptors (Lipinski definition) is 3. The minimum atomic E-state index is -3.29. The van der Waals surface area contributed by atoms with E-state index < -0.39 is 10.0 Å². The van der Waals surface area contributed by atoms with Gasteiger partial charge in [0, 0.05) is 18.3 Å². The molecule has 0 aliphatic carbocycles. The summed E-state index contributed by atoms with van der Waals surface area (Å²) in [6, 6.07) is 16.8. The molecule has 0 aliphatic heterocycles. The van der Waals surface area contributed by atoms with Gasteiger partial charge in [0.2, 0.25) is 15.9 Å². The van der Waals surface area contributed by atoms with Crippen LogP contribution in [0.2, 0.25) is 0 Å². The van der Waals surface area contributed by atoms with E-state index in [1.54, 1.807) is 30.3 Å². The molecule has 2 N–H and O–H groups in total. The molecule has 0 radical (unpaired) electrons. The molecule has 6 heteroatoms. The molecule has 25 heavy (non-hydrogen) atoms. The average Bonchev–Trinajstić information content (AvgIpc) is 2.58. The van der Waals surface area contributed by atoms with Crippen LogP contribution in [0.5, 0.6) is 0 Å². The van der Waals surface area contributed by atoms with Crippen LogP contribution in [0, 0.1) is 0 Å². The van der Waals surface area contributed by atoms with E-state index in [2.05, 4.69) is 17.0 Å². The van der Waals surface area contributed by atoms with Crippen molar-refractivity contribution in [2.45, 2.75) is 12.8 Å². The third-order valence-corrected chi connectivity index (χ3v) is 4.20. The van der Waals surface area contributed by atoms with E-state index in [0.29, 0.717) is 12.2 Å². The topological polar surface area (TPSA) is 75.3 Å². The molecular formula is C19H22N2O3S. The second-order valence-electron chi connectivity index (χ2n) is 5.89. The number of carbonyl (C=O) groups excluding carboxylic acids is 1. The fourth-order valence-corrected chi connectivity index (χ4v) is 2.82. The molecule has 1 amide bonds. The van der Waals surface area contributed by atoms with Crippen LogP contribution in [-0.2, 0) is 14.8 Å². The van der Waals surface area contributed by atoms with Gasteiger partial charge < -0.3 is 5.32 Å². The highest BCUT2D eigenvalue weighted by molar-refractivity contribution is 7.92. The lowest BCUT2D eigenvalue weighted by molar-refractivity contribution is -0.116. The van der Waals surface area contributed by atoms with Gasteiger partial charge in [-0.25, -0.2) is 8.42 Å². The number of benzene rings is 2. The highest BCUT2D eigenvalue weighted by Crippen LogP contribution is 2.13. The molecule has 0 fully saturated rings. The van der Waals surface area contributed by atoms with E-state index in [4.69, 9.17) is 0 Å². The molecule has 2 aromatic carbocycles. The molecule has 0 aliphatic rings. The normalized spacial score (nSPS) is 12.7. The van der Waals surface area contributed by atoms with E-state index in [1.807, 2.05) is 30.3 Å². The van der Waals surface area contributed by atoms with Gasteiger partial charge in [0.1, 0.15) is 0 Å². The summed E-state index contributed by atoms with van der Waals surface area (Å²) >= 11 is 0. The zero-order valence-corrected chi connectivity index (χ0v) is 15.1. The molecule has 0 aromatic heterocycles. The highest BCUT2D eigenvalue weighted by Gasteiger charge is 2.05. The number of nitrogens with one attached hydrogen (secondary N) is 2. The Labute approximate surface area is 148 Å². The molecule has 2 rings (SSSR count). The minimum Gasteiger partial charge on any atom is -0.352 e. The van der Waals surface area contributed by atoms with Crippen LogP contribution in [0.1, 0.15) is 24.0 Å². The van der Waals surface area contributed by atoms with Gasteiger partial charge in [-0.3, -0.25) is 9.52 Å². The fraction of sp³-hybridized carbons (Fsp3) is 0.211. The first kappa shape index (κ1) is 18.7. The summed E-state index contributed by atoms with van der Waals surface area (Å²) in [7, 11) is -3.29. The predicted molar refractivity (Wildman–Crippen MR) is 102 cm³/mol. The summed E-state index contributed by atoms with van der Waals surface area (Å²) in [4.78, 5) is 11.9. The number of sulfonamides is 1. The van der Waals surface area contributed by atoms with E-state index >= 15 is 0 Å². The zero-order chi connectivity index (χ0) is 18.3. The van der Waals surface area contributed by atoms with Gasteiger partial charge in [-0.2, -0.15) is 0 Å². The second-order valence-corrected chi connectivity index (χ2v) is 7.63. The summed E-state index contributed by atoms with van der Waals surface area (Å²) in [6.07, 6.45) is 4.26. The molecule has 2 aromatic rings. The Kier molecular flexibility index (Phi) is 6.36. The molecule has 0 saturated heterocycles. The molecule has 1 unspecified atom stereocenters. The maximum absolute atomic E-state index is 11.9. The van der Waals surface area contributed by atoms with Crippen molar-refractivity contribution < 1.29 is 13.2 Å². The first-order valence-electron chi connectivity index (χ1n) is 7.92. The van der Waals surface area contributed by atoms with Crippen molar-refractivity contribution >= 4 is 27.7 Å². The van der Waals surface area contributed by atoms with Crippen molar-refractivity contribution in [1.82, 2.24) is 5.32 Å². The fourth-order valence-electron chi connectivity index (χ4n) is 2.26. The van der Waals surface area contributed by atoms with Crippen molar-refractivity contribution in [3.63, 3.8) is 0 Å². The van der Waals surface area contributed by atoms with Crippen molar-refractivity contribution in [1.29, 1.82) is 0 Å². The van der Waals surface area contributed by atoms with E-state index in [1.165, 1.54) is 11.6 Å². The van der Waals surface area contributed by atoms with Gasteiger partial charge in [0.15, 0.2) is 0 Å². The molecule has 0 spiro atoms. The average molecular weight is 358 g/mol. The summed E-state index contributed by atoms with van der Waals surface area (Å²) in [6.45, 7) is 2.62. The van der Waals surface area contributed by atoms with E-state index in [-0.39, 0.29) is 11.8 Å². The Morgan fingerprint density at radius 3 is 2.32 bits per heavy atom. The third-order valence-electron chi connectivity index (χ3n) is 3.59. The largest absolute Gasteiger partial charge is 0.352 e.